The molecule has 0 aliphatic carbocycles. The van der Waals surface area contributed by atoms with Gasteiger partial charge in [0.15, 0.2) is 4.90 Å². The van der Waals surface area contributed by atoms with Gasteiger partial charge in [0.1, 0.15) is 0 Å². The number of benzene rings is 1. The normalized spacial score (nSPS) is 22.5. The van der Waals surface area contributed by atoms with E-state index in [1.54, 1.807) is 19.9 Å². The van der Waals surface area contributed by atoms with Crippen LogP contribution in [-0.4, -0.2) is 32.0 Å². The minimum atomic E-state index is -3.93. The number of nitrogens with one attached hydrogen (secondary N) is 2. The summed E-state index contributed by atoms with van der Waals surface area (Å²) in [6.45, 7) is 6.05. The van der Waals surface area contributed by atoms with E-state index in [2.05, 4.69) is 10.0 Å². The summed E-state index contributed by atoms with van der Waals surface area (Å²) in [6, 6.07) is 2.83. The molecular weight excluding hydrogens is 306 g/mol. The van der Waals surface area contributed by atoms with Gasteiger partial charge in [-0.15, -0.1) is 0 Å². The first kappa shape index (κ1) is 16.9. The number of aryl methyl sites for hydroxylation is 1. The number of sulfonamides is 1. The molecule has 1 aromatic rings. The minimum Gasteiger partial charge on any atom is -0.314 e. The largest absolute Gasteiger partial charge is 0.314 e. The van der Waals surface area contributed by atoms with Crippen LogP contribution in [0.5, 0.6) is 0 Å². The molecular formula is C14H21N3O4S. The van der Waals surface area contributed by atoms with Crippen molar-refractivity contribution in [1.82, 2.24) is 10.0 Å². The third-order valence-corrected chi connectivity index (χ3v) is 5.76. The Morgan fingerprint density at radius 1 is 1.36 bits per heavy atom. The molecule has 2 unspecified atom stereocenters. The highest BCUT2D eigenvalue weighted by Gasteiger charge is 2.32. The molecule has 1 fully saturated rings. The molecule has 0 radical (unpaired) electrons. The fourth-order valence-electron chi connectivity index (χ4n) is 2.78. The van der Waals surface area contributed by atoms with Crippen molar-refractivity contribution in [1.29, 1.82) is 0 Å². The quantitative estimate of drug-likeness (QED) is 0.646. The van der Waals surface area contributed by atoms with E-state index in [1.165, 1.54) is 6.07 Å². The number of hydrogen-bond donors (Lipinski definition) is 2. The molecule has 0 spiro atoms. The number of rotatable bonds is 4. The lowest BCUT2D eigenvalue weighted by Crippen LogP contribution is -2.46. The van der Waals surface area contributed by atoms with Gasteiger partial charge >= 0.3 is 0 Å². The predicted octanol–water partition coefficient (Wildman–Crippen LogP) is 1.63. The van der Waals surface area contributed by atoms with Crippen LogP contribution in [0.25, 0.3) is 0 Å². The number of nitro groups is 1. The standard InChI is InChI=1S/C14H21N3O4S/c1-9-4-5-13(17(18)19)14(11(9)3)22(20,21)16-12-6-7-15-10(2)8-12/h4-5,10,12,15-16H,6-8H2,1-3H3. The van der Waals surface area contributed by atoms with Crippen molar-refractivity contribution in [3.63, 3.8) is 0 Å². The van der Waals surface area contributed by atoms with E-state index >= 15 is 0 Å². The summed E-state index contributed by atoms with van der Waals surface area (Å²) >= 11 is 0. The molecule has 0 bridgehead atoms. The zero-order valence-electron chi connectivity index (χ0n) is 12.9. The molecule has 1 heterocycles. The smallest absolute Gasteiger partial charge is 0.289 e. The molecule has 7 nitrogen and oxygen atoms in total. The average Bonchev–Trinajstić information content (AvgIpc) is 2.40. The van der Waals surface area contributed by atoms with Crippen molar-refractivity contribution < 1.29 is 13.3 Å². The van der Waals surface area contributed by atoms with Gasteiger partial charge < -0.3 is 5.32 Å². The van der Waals surface area contributed by atoms with Gasteiger partial charge in [0, 0.05) is 18.2 Å². The Bertz CT molecular complexity index is 688. The molecule has 1 aliphatic rings. The van der Waals surface area contributed by atoms with E-state index < -0.39 is 14.9 Å². The average molecular weight is 327 g/mol. The molecule has 2 N–H and O–H groups in total. The number of piperidine rings is 1. The van der Waals surface area contributed by atoms with Crippen LogP contribution in [0.4, 0.5) is 5.69 Å². The van der Waals surface area contributed by atoms with Gasteiger partial charge in [-0.3, -0.25) is 10.1 Å². The molecule has 2 rings (SSSR count). The van der Waals surface area contributed by atoms with Crippen LogP contribution in [-0.2, 0) is 10.0 Å². The van der Waals surface area contributed by atoms with Crippen LogP contribution in [0.2, 0.25) is 0 Å². The Morgan fingerprint density at radius 2 is 2.05 bits per heavy atom. The van der Waals surface area contributed by atoms with Gasteiger partial charge in [0.25, 0.3) is 5.69 Å². The van der Waals surface area contributed by atoms with E-state index in [-0.39, 0.29) is 22.7 Å². The highest BCUT2D eigenvalue weighted by atomic mass is 32.2. The van der Waals surface area contributed by atoms with E-state index in [0.29, 0.717) is 24.0 Å². The highest BCUT2D eigenvalue weighted by molar-refractivity contribution is 7.89. The van der Waals surface area contributed by atoms with Gasteiger partial charge in [-0.2, -0.15) is 0 Å². The van der Waals surface area contributed by atoms with Gasteiger partial charge in [-0.25, -0.2) is 13.1 Å². The van der Waals surface area contributed by atoms with Crippen molar-refractivity contribution in [2.75, 3.05) is 6.54 Å². The monoisotopic (exact) mass is 327 g/mol. The highest BCUT2D eigenvalue weighted by Crippen LogP contribution is 2.29. The SMILES string of the molecule is Cc1ccc([N+](=O)[O-])c(S(=O)(=O)NC2CCNC(C)C2)c1C. The Labute approximate surface area is 130 Å². The van der Waals surface area contributed by atoms with E-state index in [0.717, 1.165) is 6.54 Å². The molecule has 0 aromatic heterocycles. The molecule has 1 saturated heterocycles. The van der Waals surface area contributed by atoms with E-state index in [4.69, 9.17) is 0 Å². The van der Waals surface area contributed by atoms with E-state index in [9.17, 15) is 18.5 Å². The third kappa shape index (κ3) is 3.45. The summed E-state index contributed by atoms with van der Waals surface area (Å²) < 4.78 is 28.0. The zero-order valence-corrected chi connectivity index (χ0v) is 13.7. The topological polar surface area (TPSA) is 101 Å². The van der Waals surface area contributed by atoms with Gasteiger partial charge in [-0.05, 0) is 51.3 Å². The first-order valence-electron chi connectivity index (χ1n) is 7.22. The van der Waals surface area contributed by atoms with Crippen molar-refractivity contribution in [2.24, 2.45) is 0 Å². The van der Waals surface area contributed by atoms with Crippen molar-refractivity contribution in [3.8, 4) is 0 Å². The summed E-state index contributed by atoms with van der Waals surface area (Å²) in [7, 11) is -3.93. The maximum atomic E-state index is 12.7. The summed E-state index contributed by atoms with van der Waals surface area (Å²) in [5, 5.41) is 14.4. The number of hydrogen-bond acceptors (Lipinski definition) is 5. The van der Waals surface area contributed by atoms with Crippen LogP contribution in [0.3, 0.4) is 0 Å². The van der Waals surface area contributed by atoms with Crippen LogP contribution < -0.4 is 10.0 Å². The fraction of sp³-hybridized carbons (Fsp3) is 0.571. The summed E-state index contributed by atoms with van der Waals surface area (Å²) in [4.78, 5) is 10.3. The van der Waals surface area contributed by atoms with Gasteiger partial charge in [0.2, 0.25) is 10.0 Å². The summed E-state index contributed by atoms with van der Waals surface area (Å²) in [6.07, 6.45) is 1.33. The second kappa shape index (κ2) is 6.31. The molecule has 122 valence electrons. The van der Waals surface area contributed by atoms with Crippen LogP contribution in [0, 0.1) is 24.0 Å². The van der Waals surface area contributed by atoms with Crippen LogP contribution >= 0.6 is 0 Å². The zero-order chi connectivity index (χ0) is 16.5. The first-order chi connectivity index (χ1) is 10.2. The van der Waals surface area contributed by atoms with Crippen LogP contribution in [0.15, 0.2) is 17.0 Å². The number of nitro benzene ring substituents is 1. The molecule has 0 amide bonds. The molecule has 1 aliphatic heterocycles. The van der Waals surface area contributed by atoms with Crippen molar-refractivity contribution >= 4 is 15.7 Å². The molecule has 8 heteroatoms. The first-order valence-corrected chi connectivity index (χ1v) is 8.71. The maximum Gasteiger partial charge on any atom is 0.289 e. The number of nitrogens with zero attached hydrogens (tertiary/aromatic N) is 1. The Morgan fingerprint density at radius 3 is 2.64 bits per heavy atom. The molecule has 0 saturated carbocycles. The Hall–Kier alpha value is -1.51. The lowest BCUT2D eigenvalue weighted by atomic mass is 10.0. The fourth-order valence-corrected chi connectivity index (χ4v) is 4.53. The Balaban J connectivity index is 2.40. The van der Waals surface area contributed by atoms with Crippen molar-refractivity contribution in [3.05, 3.63) is 33.4 Å². The van der Waals surface area contributed by atoms with E-state index in [1.807, 2.05) is 6.92 Å². The van der Waals surface area contributed by atoms with Crippen LogP contribution in [0.1, 0.15) is 30.9 Å². The lowest BCUT2D eigenvalue weighted by Gasteiger charge is -2.28. The Kier molecular flexibility index (Phi) is 4.84. The van der Waals surface area contributed by atoms with Gasteiger partial charge in [-0.1, -0.05) is 6.07 Å². The van der Waals surface area contributed by atoms with Crippen molar-refractivity contribution in [2.45, 2.75) is 50.6 Å². The summed E-state index contributed by atoms with van der Waals surface area (Å²) in [5.41, 5.74) is 0.755. The predicted molar refractivity (Wildman–Crippen MR) is 83.4 cm³/mol. The second-order valence-electron chi connectivity index (χ2n) is 5.81. The minimum absolute atomic E-state index is 0.208. The molecule has 1 aromatic carbocycles. The second-order valence-corrected chi connectivity index (χ2v) is 7.46. The third-order valence-electron chi connectivity index (χ3n) is 4.07. The van der Waals surface area contributed by atoms with Gasteiger partial charge in [0.05, 0.1) is 4.92 Å². The molecule has 22 heavy (non-hydrogen) atoms. The molecule has 2 atom stereocenters. The maximum absolute atomic E-state index is 12.7. The lowest BCUT2D eigenvalue weighted by molar-refractivity contribution is -0.387. The summed E-state index contributed by atoms with van der Waals surface area (Å²) in [5.74, 6) is 0.